The third-order valence-corrected chi connectivity index (χ3v) is 3.71. The lowest BCUT2D eigenvalue weighted by atomic mass is 9.92. The third-order valence-electron chi connectivity index (χ3n) is 3.71. The summed E-state index contributed by atoms with van der Waals surface area (Å²) >= 11 is 0. The van der Waals surface area contributed by atoms with Gasteiger partial charge in [-0.2, -0.15) is 5.26 Å². The van der Waals surface area contributed by atoms with Crippen LogP contribution in [0.25, 0.3) is 0 Å². The van der Waals surface area contributed by atoms with Crippen molar-refractivity contribution in [2.45, 2.75) is 45.7 Å². The number of nitrogens with one attached hydrogen (secondary N) is 1. The fourth-order valence-electron chi connectivity index (χ4n) is 1.98. The molecule has 0 saturated heterocycles. The van der Waals surface area contributed by atoms with E-state index < -0.39 is 0 Å². The molecule has 0 unspecified atom stereocenters. The molecule has 1 aliphatic rings. The molecule has 21 heavy (non-hydrogen) atoms. The van der Waals surface area contributed by atoms with Crippen molar-refractivity contribution in [3.8, 4) is 17.6 Å². The monoisotopic (exact) mass is 288 g/mol. The van der Waals surface area contributed by atoms with E-state index in [1.807, 2.05) is 32.0 Å². The first kappa shape index (κ1) is 15.7. The molecule has 1 aliphatic carbocycles. The van der Waals surface area contributed by atoms with E-state index >= 15 is 0 Å². The molecule has 1 saturated carbocycles. The minimum absolute atomic E-state index is 0.348. The number of rotatable bonds is 8. The minimum Gasteiger partial charge on any atom is -0.497 e. The first-order valence-corrected chi connectivity index (χ1v) is 7.48. The van der Waals surface area contributed by atoms with Crippen molar-refractivity contribution >= 4 is 0 Å². The molecule has 1 aromatic carbocycles. The summed E-state index contributed by atoms with van der Waals surface area (Å²) in [4.78, 5) is 0. The number of hydrogen-bond acceptors (Lipinski definition) is 4. The van der Waals surface area contributed by atoms with Gasteiger partial charge in [0, 0.05) is 18.2 Å². The van der Waals surface area contributed by atoms with Crippen LogP contribution < -0.4 is 14.8 Å². The zero-order valence-corrected chi connectivity index (χ0v) is 13.1. The van der Waals surface area contributed by atoms with Crippen molar-refractivity contribution < 1.29 is 9.47 Å². The molecular weight excluding hydrogens is 264 g/mol. The van der Waals surface area contributed by atoms with E-state index in [2.05, 4.69) is 11.4 Å². The van der Waals surface area contributed by atoms with Gasteiger partial charge < -0.3 is 14.8 Å². The summed E-state index contributed by atoms with van der Waals surface area (Å²) in [5, 5.41) is 12.5. The number of benzene rings is 1. The standard InChI is InChI=1S/C17H24N2O2/c1-17(2,12-18)8-9-21-16-7-6-15(20-3)10-13(16)11-19-14-4-5-14/h6-7,10,14,19H,4-5,8-9,11H2,1-3H3. The van der Waals surface area contributed by atoms with Crippen LogP contribution in [0.4, 0.5) is 0 Å². The molecule has 0 spiro atoms. The van der Waals surface area contributed by atoms with Crippen molar-refractivity contribution in [2.75, 3.05) is 13.7 Å². The van der Waals surface area contributed by atoms with Gasteiger partial charge in [-0.25, -0.2) is 0 Å². The van der Waals surface area contributed by atoms with E-state index in [-0.39, 0.29) is 5.41 Å². The topological polar surface area (TPSA) is 54.3 Å². The van der Waals surface area contributed by atoms with E-state index in [9.17, 15) is 0 Å². The number of nitriles is 1. The fourth-order valence-corrected chi connectivity index (χ4v) is 1.98. The van der Waals surface area contributed by atoms with Gasteiger partial charge >= 0.3 is 0 Å². The molecule has 0 atom stereocenters. The van der Waals surface area contributed by atoms with Crippen LogP contribution in [0, 0.1) is 16.7 Å². The Kier molecular flexibility index (Phi) is 5.08. The zero-order chi connectivity index (χ0) is 15.3. The molecule has 0 radical (unpaired) electrons. The maximum absolute atomic E-state index is 9.03. The molecule has 4 nitrogen and oxygen atoms in total. The molecular formula is C17H24N2O2. The van der Waals surface area contributed by atoms with Crippen LogP contribution in [-0.4, -0.2) is 19.8 Å². The van der Waals surface area contributed by atoms with Crippen LogP contribution in [0.3, 0.4) is 0 Å². The lowest BCUT2D eigenvalue weighted by Gasteiger charge is -2.17. The molecule has 0 bridgehead atoms. The van der Waals surface area contributed by atoms with Gasteiger partial charge in [0.1, 0.15) is 11.5 Å². The lowest BCUT2D eigenvalue weighted by molar-refractivity contribution is 0.261. The highest BCUT2D eigenvalue weighted by molar-refractivity contribution is 5.40. The first-order chi connectivity index (χ1) is 10.0. The Bertz CT molecular complexity index is 516. The van der Waals surface area contributed by atoms with Gasteiger partial charge in [0.05, 0.1) is 25.2 Å². The lowest BCUT2D eigenvalue weighted by Crippen LogP contribution is -2.17. The maximum atomic E-state index is 9.03. The summed E-state index contributed by atoms with van der Waals surface area (Å²) in [5.41, 5.74) is 0.759. The van der Waals surface area contributed by atoms with Crippen molar-refractivity contribution in [3.05, 3.63) is 23.8 Å². The molecule has 1 N–H and O–H groups in total. The van der Waals surface area contributed by atoms with Crippen LogP contribution in [0.15, 0.2) is 18.2 Å². The summed E-state index contributed by atoms with van der Waals surface area (Å²) in [6.07, 6.45) is 3.23. The number of ether oxygens (including phenoxy) is 2. The van der Waals surface area contributed by atoms with Gasteiger partial charge in [-0.05, 0) is 51.3 Å². The van der Waals surface area contributed by atoms with Gasteiger partial charge in [-0.3, -0.25) is 0 Å². The summed E-state index contributed by atoms with van der Waals surface area (Å²) in [5.74, 6) is 1.71. The van der Waals surface area contributed by atoms with E-state index in [0.29, 0.717) is 19.1 Å². The second-order valence-electron chi connectivity index (χ2n) is 6.22. The molecule has 4 heteroatoms. The highest BCUT2D eigenvalue weighted by Gasteiger charge is 2.21. The molecule has 0 amide bonds. The molecule has 0 aliphatic heterocycles. The average molecular weight is 288 g/mol. The third kappa shape index (κ3) is 4.95. The normalized spacial score (nSPS) is 14.6. The molecule has 1 aromatic rings. The van der Waals surface area contributed by atoms with Gasteiger partial charge in [-0.15, -0.1) is 0 Å². The summed E-state index contributed by atoms with van der Waals surface area (Å²) in [6, 6.07) is 8.82. The van der Waals surface area contributed by atoms with Gasteiger partial charge in [0.2, 0.25) is 0 Å². The van der Waals surface area contributed by atoms with E-state index in [1.54, 1.807) is 7.11 Å². The van der Waals surface area contributed by atoms with Crippen molar-refractivity contribution in [1.29, 1.82) is 5.26 Å². The molecule has 114 valence electrons. The Morgan fingerprint density at radius 2 is 2.14 bits per heavy atom. The number of methoxy groups -OCH3 is 1. The van der Waals surface area contributed by atoms with Crippen LogP contribution in [0.5, 0.6) is 11.5 Å². The van der Waals surface area contributed by atoms with Crippen molar-refractivity contribution in [1.82, 2.24) is 5.32 Å². The molecule has 0 heterocycles. The Hall–Kier alpha value is -1.73. The summed E-state index contributed by atoms with van der Waals surface area (Å²) in [7, 11) is 1.67. The van der Waals surface area contributed by atoms with Gasteiger partial charge in [0.25, 0.3) is 0 Å². The SMILES string of the molecule is COc1ccc(OCCC(C)(C)C#N)c(CNC2CC2)c1. The fraction of sp³-hybridized carbons (Fsp3) is 0.588. The highest BCUT2D eigenvalue weighted by atomic mass is 16.5. The molecule has 1 fully saturated rings. The van der Waals surface area contributed by atoms with Crippen LogP contribution >= 0.6 is 0 Å². The second-order valence-corrected chi connectivity index (χ2v) is 6.22. The second kappa shape index (κ2) is 6.82. The molecule has 2 rings (SSSR count). The summed E-state index contributed by atoms with van der Waals surface area (Å²) in [6.45, 7) is 5.20. The number of hydrogen-bond donors (Lipinski definition) is 1. The zero-order valence-electron chi connectivity index (χ0n) is 13.1. The number of nitrogens with zero attached hydrogens (tertiary/aromatic N) is 1. The average Bonchev–Trinajstić information content (AvgIpc) is 3.30. The van der Waals surface area contributed by atoms with Crippen LogP contribution in [-0.2, 0) is 6.54 Å². The van der Waals surface area contributed by atoms with Crippen LogP contribution in [0.1, 0.15) is 38.7 Å². The first-order valence-electron chi connectivity index (χ1n) is 7.48. The molecule has 0 aromatic heterocycles. The van der Waals surface area contributed by atoms with E-state index in [1.165, 1.54) is 12.8 Å². The smallest absolute Gasteiger partial charge is 0.124 e. The van der Waals surface area contributed by atoms with E-state index in [0.717, 1.165) is 23.6 Å². The van der Waals surface area contributed by atoms with E-state index in [4.69, 9.17) is 14.7 Å². The highest BCUT2D eigenvalue weighted by Crippen LogP contribution is 2.27. The predicted octanol–water partition coefficient (Wildman–Crippen LogP) is 3.27. The van der Waals surface area contributed by atoms with Crippen molar-refractivity contribution in [2.24, 2.45) is 5.41 Å². The Morgan fingerprint density at radius 1 is 1.38 bits per heavy atom. The van der Waals surface area contributed by atoms with Gasteiger partial charge in [0.15, 0.2) is 0 Å². The largest absolute Gasteiger partial charge is 0.497 e. The van der Waals surface area contributed by atoms with Gasteiger partial charge in [-0.1, -0.05) is 0 Å². The van der Waals surface area contributed by atoms with Crippen LogP contribution in [0.2, 0.25) is 0 Å². The quantitative estimate of drug-likeness (QED) is 0.797. The Balaban J connectivity index is 1.97. The predicted molar refractivity (Wildman–Crippen MR) is 82.4 cm³/mol. The maximum Gasteiger partial charge on any atom is 0.124 e. The summed E-state index contributed by atoms with van der Waals surface area (Å²) < 4.78 is 11.2. The Morgan fingerprint density at radius 3 is 2.76 bits per heavy atom. The Labute approximate surface area is 127 Å². The minimum atomic E-state index is -0.348. The van der Waals surface area contributed by atoms with Crippen molar-refractivity contribution in [3.63, 3.8) is 0 Å².